The minimum atomic E-state index is -1.19. The first-order valence-electron chi connectivity index (χ1n) is 10.6. The SMILES string of the molecule is CC(C)(CCc1ccccc1)[S@@+]([O-])N(Cc1ccccc1)C[C@@H]1CCC(I)C(O)O1. The molecular weight excluding hydrogens is 509 g/mol. The number of benzene rings is 2. The molecule has 2 unspecified atom stereocenters. The van der Waals surface area contributed by atoms with E-state index in [4.69, 9.17) is 4.74 Å². The highest BCUT2D eigenvalue weighted by Crippen LogP contribution is 2.31. The molecule has 0 aliphatic carbocycles. The molecule has 4 atom stereocenters. The molecule has 2 aromatic rings. The van der Waals surface area contributed by atoms with Crippen LogP contribution in [-0.2, 0) is 29.1 Å². The van der Waals surface area contributed by atoms with Crippen LogP contribution in [0, 0.1) is 0 Å². The fourth-order valence-electron chi connectivity index (χ4n) is 3.70. The first-order chi connectivity index (χ1) is 14.3. The molecule has 4 nitrogen and oxygen atoms in total. The van der Waals surface area contributed by atoms with E-state index in [0.29, 0.717) is 13.1 Å². The summed E-state index contributed by atoms with van der Waals surface area (Å²) in [7, 11) is 0. The highest BCUT2D eigenvalue weighted by molar-refractivity contribution is 14.1. The van der Waals surface area contributed by atoms with Gasteiger partial charge in [0.05, 0.1) is 23.1 Å². The van der Waals surface area contributed by atoms with Gasteiger partial charge >= 0.3 is 0 Å². The standard InChI is InChI=1S/C24H32INO3S/c1-24(2,16-15-19-9-5-3-6-10-19)30(28)26(17-20-11-7-4-8-12-20)18-21-13-14-22(25)23(27)29-21/h3-12,21-23,27H,13-18H2,1-2H3/t21-,22?,23?,30+/m0/s1. The zero-order valence-electron chi connectivity index (χ0n) is 17.7. The van der Waals surface area contributed by atoms with Crippen molar-refractivity contribution in [3.63, 3.8) is 0 Å². The lowest BCUT2D eigenvalue weighted by Crippen LogP contribution is -2.49. The van der Waals surface area contributed by atoms with Crippen molar-refractivity contribution in [1.29, 1.82) is 0 Å². The maximum Gasteiger partial charge on any atom is 0.166 e. The van der Waals surface area contributed by atoms with Crippen molar-refractivity contribution in [3.05, 3.63) is 71.8 Å². The Hall–Kier alpha value is -0.640. The first kappa shape index (κ1) is 24.0. The number of nitrogens with zero attached hydrogens (tertiary/aromatic N) is 1. The fourth-order valence-corrected chi connectivity index (χ4v) is 5.78. The summed E-state index contributed by atoms with van der Waals surface area (Å²) in [5.74, 6) is 0. The number of hydrogen-bond acceptors (Lipinski definition) is 4. The van der Waals surface area contributed by atoms with E-state index >= 15 is 0 Å². The Bertz CT molecular complexity index is 762. The van der Waals surface area contributed by atoms with Crippen molar-refractivity contribution < 1.29 is 14.4 Å². The van der Waals surface area contributed by atoms with E-state index in [0.717, 1.165) is 31.2 Å². The molecule has 164 valence electrons. The maximum absolute atomic E-state index is 13.7. The van der Waals surface area contributed by atoms with Crippen LogP contribution >= 0.6 is 22.6 Å². The summed E-state index contributed by atoms with van der Waals surface area (Å²) in [5, 5.41) is 10.1. The molecule has 0 radical (unpaired) electrons. The minimum absolute atomic E-state index is 0.108. The van der Waals surface area contributed by atoms with Crippen molar-refractivity contribution in [1.82, 2.24) is 4.31 Å². The highest BCUT2D eigenvalue weighted by atomic mass is 127. The molecule has 0 amide bonds. The molecule has 0 saturated carbocycles. The van der Waals surface area contributed by atoms with E-state index in [2.05, 4.69) is 60.7 Å². The van der Waals surface area contributed by atoms with Crippen molar-refractivity contribution in [2.75, 3.05) is 6.54 Å². The Labute approximate surface area is 197 Å². The number of halogens is 1. The van der Waals surface area contributed by atoms with Gasteiger partial charge < -0.3 is 14.4 Å². The monoisotopic (exact) mass is 541 g/mol. The molecule has 0 spiro atoms. The molecule has 1 aliphatic rings. The number of ether oxygens (including phenoxy) is 1. The van der Waals surface area contributed by atoms with Crippen LogP contribution in [0.4, 0.5) is 0 Å². The molecular formula is C24H32INO3S. The Balaban J connectivity index is 1.70. The molecule has 1 fully saturated rings. The van der Waals surface area contributed by atoms with Gasteiger partial charge in [-0.15, -0.1) is 4.31 Å². The number of aliphatic hydroxyl groups is 1. The summed E-state index contributed by atoms with van der Waals surface area (Å²) >= 11 is 1.05. The van der Waals surface area contributed by atoms with E-state index in [9.17, 15) is 9.66 Å². The number of hydrogen-bond donors (Lipinski definition) is 1. The molecule has 6 heteroatoms. The molecule has 3 rings (SSSR count). The molecule has 0 aromatic heterocycles. The van der Waals surface area contributed by atoms with Crippen LogP contribution < -0.4 is 0 Å². The summed E-state index contributed by atoms with van der Waals surface area (Å²) in [4.78, 5) is 0. The predicted molar refractivity (Wildman–Crippen MR) is 132 cm³/mol. The van der Waals surface area contributed by atoms with Gasteiger partial charge in [0, 0.05) is 17.8 Å². The molecule has 0 bridgehead atoms. The largest absolute Gasteiger partial charge is 0.597 e. The van der Waals surface area contributed by atoms with Crippen LogP contribution in [0.1, 0.15) is 44.2 Å². The van der Waals surface area contributed by atoms with Crippen LogP contribution in [0.25, 0.3) is 0 Å². The van der Waals surface area contributed by atoms with Crippen LogP contribution in [-0.4, -0.2) is 41.6 Å². The quantitative estimate of drug-likeness (QED) is 0.280. The fraction of sp³-hybridized carbons (Fsp3) is 0.500. The molecule has 30 heavy (non-hydrogen) atoms. The maximum atomic E-state index is 13.7. The van der Waals surface area contributed by atoms with Crippen LogP contribution in [0.5, 0.6) is 0 Å². The van der Waals surface area contributed by atoms with Crippen LogP contribution in [0.2, 0.25) is 0 Å². The molecule has 1 N–H and O–H groups in total. The van der Waals surface area contributed by atoms with Gasteiger partial charge in [0.2, 0.25) is 0 Å². The number of aliphatic hydroxyl groups excluding tert-OH is 1. The normalized spacial score (nSPS) is 23.5. The minimum Gasteiger partial charge on any atom is -0.597 e. The molecule has 2 aromatic carbocycles. The molecule has 1 aliphatic heterocycles. The zero-order chi connectivity index (χ0) is 21.6. The van der Waals surface area contributed by atoms with Gasteiger partial charge in [-0.05, 0) is 44.2 Å². The summed E-state index contributed by atoms with van der Waals surface area (Å²) in [6.45, 7) is 5.32. The smallest absolute Gasteiger partial charge is 0.166 e. The second-order valence-corrected chi connectivity index (χ2v) is 12.3. The third kappa shape index (κ3) is 6.93. The Morgan fingerprint density at radius 1 is 1.07 bits per heavy atom. The van der Waals surface area contributed by atoms with Gasteiger partial charge in [0.25, 0.3) is 0 Å². The summed E-state index contributed by atoms with van der Waals surface area (Å²) in [6.07, 6.45) is 2.66. The molecule has 1 saturated heterocycles. The van der Waals surface area contributed by atoms with E-state index in [1.165, 1.54) is 5.56 Å². The van der Waals surface area contributed by atoms with Crippen molar-refractivity contribution in [3.8, 4) is 0 Å². The van der Waals surface area contributed by atoms with Crippen LogP contribution in [0.3, 0.4) is 0 Å². The predicted octanol–water partition coefficient (Wildman–Crippen LogP) is 4.86. The lowest BCUT2D eigenvalue weighted by atomic mass is 10.0. The van der Waals surface area contributed by atoms with Gasteiger partial charge in [0.15, 0.2) is 6.29 Å². The van der Waals surface area contributed by atoms with Crippen molar-refractivity contribution in [2.45, 2.75) is 67.1 Å². The average Bonchev–Trinajstić information content (AvgIpc) is 2.75. The number of rotatable bonds is 9. The average molecular weight is 541 g/mol. The van der Waals surface area contributed by atoms with Crippen LogP contribution in [0.15, 0.2) is 60.7 Å². The van der Waals surface area contributed by atoms with E-state index in [-0.39, 0.29) is 14.8 Å². The summed E-state index contributed by atoms with van der Waals surface area (Å²) in [5.41, 5.74) is 2.40. The Morgan fingerprint density at radius 2 is 1.67 bits per heavy atom. The van der Waals surface area contributed by atoms with Gasteiger partial charge in [-0.2, -0.15) is 0 Å². The lowest BCUT2D eigenvalue weighted by molar-refractivity contribution is -0.157. The van der Waals surface area contributed by atoms with Crippen molar-refractivity contribution in [2.24, 2.45) is 0 Å². The van der Waals surface area contributed by atoms with E-state index in [1.807, 2.05) is 40.7 Å². The third-order valence-electron chi connectivity index (χ3n) is 5.58. The second kappa shape index (κ2) is 11.3. The summed E-state index contributed by atoms with van der Waals surface area (Å²) < 4.78 is 21.3. The third-order valence-corrected chi connectivity index (χ3v) is 8.72. The van der Waals surface area contributed by atoms with E-state index in [1.54, 1.807) is 0 Å². The zero-order valence-corrected chi connectivity index (χ0v) is 20.7. The topological polar surface area (TPSA) is 55.8 Å². The highest BCUT2D eigenvalue weighted by Gasteiger charge is 2.39. The van der Waals surface area contributed by atoms with Gasteiger partial charge in [-0.1, -0.05) is 83.3 Å². The molecule has 1 heterocycles. The number of alkyl halides is 1. The van der Waals surface area contributed by atoms with Gasteiger partial charge in [-0.3, -0.25) is 0 Å². The van der Waals surface area contributed by atoms with Gasteiger partial charge in [-0.25, -0.2) is 0 Å². The lowest BCUT2D eigenvalue weighted by Gasteiger charge is -2.38. The second-order valence-electron chi connectivity index (χ2n) is 8.54. The number of aryl methyl sites for hydroxylation is 1. The summed E-state index contributed by atoms with van der Waals surface area (Å²) in [6, 6.07) is 20.5. The van der Waals surface area contributed by atoms with Crippen molar-refractivity contribution >= 4 is 34.0 Å². The Kier molecular flexibility index (Phi) is 9.04. The van der Waals surface area contributed by atoms with E-state index < -0.39 is 17.7 Å². The Morgan fingerprint density at radius 3 is 2.27 bits per heavy atom. The first-order valence-corrected chi connectivity index (χ1v) is 12.9. The van der Waals surface area contributed by atoms with Gasteiger partial charge in [0.1, 0.15) is 4.75 Å².